The highest BCUT2D eigenvalue weighted by molar-refractivity contribution is 5.93. The zero-order valence-electron chi connectivity index (χ0n) is 15.6. The van der Waals surface area contributed by atoms with Crippen molar-refractivity contribution in [3.05, 3.63) is 65.7 Å². The van der Waals surface area contributed by atoms with Crippen LogP contribution in [-0.2, 0) is 19.7 Å². The molecule has 1 saturated heterocycles. The molecule has 1 amide bonds. The van der Waals surface area contributed by atoms with Gasteiger partial charge >= 0.3 is 5.97 Å². The van der Waals surface area contributed by atoms with Gasteiger partial charge in [0, 0.05) is 12.3 Å². The molecule has 2 aromatic carbocycles. The van der Waals surface area contributed by atoms with E-state index in [0.717, 1.165) is 18.4 Å². The number of amides is 1. The van der Waals surface area contributed by atoms with E-state index in [2.05, 4.69) is 5.32 Å². The maximum Gasteiger partial charge on any atom is 0.313 e. The zero-order valence-corrected chi connectivity index (χ0v) is 15.6. The van der Waals surface area contributed by atoms with E-state index in [1.54, 1.807) is 38.1 Å². The second kappa shape index (κ2) is 7.92. The Morgan fingerprint density at radius 1 is 1.07 bits per heavy atom. The minimum atomic E-state index is -0.974. The van der Waals surface area contributed by atoms with Crippen molar-refractivity contribution in [1.82, 2.24) is 0 Å². The highest BCUT2D eigenvalue weighted by atomic mass is 16.5. The molecule has 1 aliphatic heterocycles. The Morgan fingerprint density at radius 2 is 1.74 bits per heavy atom. The van der Waals surface area contributed by atoms with Gasteiger partial charge in [0.25, 0.3) is 0 Å². The lowest BCUT2D eigenvalue weighted by Gasteiger charge is -2.31. The summed E-state index contributed by atoms with van der Waals surface area (Å²) in [4.78, 5) is 24.2. The van der Waals surface area contributed by atoms with E-state index >= 15 is 0 Å². The highest BCUT2D eigenvalue weighted by Gasteiger charge is 2.33. The number of carbonyl (C=O) groups is 2. The predicted molar refractivity (Wildman–Crippen MR) is 104 cm³/mol. The molecule has 0 saturated carbocycles. The Labute approximate surface area is 159 Å². The number of anilines is 1. The number of hydrogen-bond donors (Lipinski definition) is 2. The first-order valence-corrected chi connectivity index (χ1v) is 9.21. The normalized spacial score (nSPS) is 20.1. The number of aliphatic carboxylic acids is 1. The molecular formula is C22H25NO4. The van der Waals surface area contributed by atoms with Crippen LogP contribution in [-0.4, -0.2) is 23.6 Å². The van der Waals surface area contributed by atoms with E-state index in [1.165, 1.54) is 0 Å². The zero-order chi connectivity index (χ0) is 19.4. The molecule has 0 radical (unpaired) electrons. The topological polar surface area (TPSA) is 75.6 Å². The lowest BCUT2D eigenvalue weighted by Crippen LogP contribution is -2.33. The van der Waals surface area contributed by atoms with Gasteiger partial charge in [0.2, 0.25) is 5.91 Å². The third-order valence-electron chi connectivity index (χ3n) is 5.20. The molecule has 0 aliphatic carbocycles. The number of rotatable bonds is 5. The summed E-state index contributed by atoms with van der Waals surface area (Å²) in [5.74, 6) is -1.21. The van der Waals surface area contributed by atoms with Crippen molar-refractivity contribution in [1.29, 1.82) is 0 Å². The number of hydrogen-bond acceptors (Lipinski definition) is 3. The standard InChI is InChI=1S/C22H25NO4/c1-22(2,21(25)26)16-10-12-17(13-11-16)23-20(24)18-9-6-14-27-19(18)15-7-4-3-5-8-15/h3-5,7-8,10-13,18-19H,6,9,14H2,1-2H3,(H,23,24)(H,25,26). The fraction of sp³-hybridized carbons (Fsp3) is 0.364. The second-order valence-corrected chi connectivity index (χ2v) is 7.45. The van der Waals surface area contributed by atoms with Gasteiger partial charge in [0.1, 0.15) is 0 Å². The van der Waals surface area contributed by atoms with Crippen LogP contribution in [0, 0.1) is 5.92 Å². The highest BCUT2D eigenvalue weighted by Crippen LogP contribution is 2.34. The number of carbonyl (C=O) groups excluding carboxylic acids is 1. The van der Waals surface area contributed by atoms with Gasteiger partial charge in [-0.1, -0.05) is 42.5 Å². The average molecular weight is 367 g/mol. The molecule has 27 heavy (non-hydrogen) atoms. The smallest absolute Gasteiger partial charge is 0.313 e. The summed E-state index contributed by atoms with van der Waals surface area (Å²) in [6.07, 6.45) is 1.38. The molecule has 1 heterocycles. The molecule has 5 heteroatoms. The van der Waals surface area contributed by atoms with Gasteiger partial charge in [-0.15, -0.1) is 0 Å². The van der Waals surface area contributed by atoms with Crippen molar-refractivity contribution in [2.75, 3.05) is 11.9 Å². The summed E-state index contributed by atoms with van der Waals surface area (Å²) >= 11 is 0. The molecule has 0 spiro atoms. The fourth-order valence-corrected chi connectivity index (χ4v) is 3.35. The lowest BCUT2D eigenvalue weighted by molar-refractivity contribution is -0.142. The van der Waals surface area contributed by atoms with Crippen LogP contribution in [0.3, 0.4) is 0 Å². The van der Waals surface area contributed by atoms with Crippen molar-refractivity contribution < 1.29 is 19.4 Å². The first-order chi connectivity index (χ1) is 12.9. The van der Waals surface area contributed by atoms with Crippen LogP contribution in [0.2, 0.25) is 0 Å². The molecule has 2 atom stereocenters. The van der Waals surface area contributed by atoms with Crippen LogP contribution in [0.15, 0.2) is 54.6 Å². The Hall–Kier alpha value is -2.66. The van der Waals surface area contributed by atoms with Crippen LogP contribution in [0.1, 0.15) is 43.9 Å². The third kappa shape index (κ3) is 4.19. The maximum absolute atomic E-state index is 12.9. The largest absolute Gasteiger partial charge is 0.481 e. The van der Waals surface area contributed by atoms with Crippen LogP contribution < -0.4 is 5.32 Å². The minimum Gasteiger partial charge on any atom is -0.481 e. The van der Waals surface area contributed by atoms with E-state index in [9.17, 15) is 14.7 Å². The molecule has 2 N–H and O–H groups in total. The molecule has 1 aliphatic rings. The van der Waals surface area contributed by atoms with Crippen molar-refractivity contribution >= 4 is 17.6 Å². The van der Waals surface area contributed by atoms with E-state index < -0.39 is 11.4 Å². The van der Waals surface area contributed by atoms with Crippen LogP contribution in [0.25, 0.3) is 0 Å². The van der Waals surface area contributed by atoms with Gasteiger partial charge < -0.3 is 15.2 Å². The van der Waals surface area contributed by atoms with E-state index in [0.29, 0.717) is 17.9 Å². The molecule has 3 rings (SSSR count). The first kappa shape index (κ1) is 19.1. The Balaban J connectivity index is 1.73. The Morgan fingerprint density at radius 3 is 2.37 bits per heavy atom. The van der Waals surface area contributed by atoms with Gasteiger partial charge in [-0.2, -0.15) is 0 Å². The summed E-state index contributed by atoms with van der Waals surface area (Å²) in [5.41, 5.74) is 1.38. The lowest BCUT2D eigenvalue weighted by atomic mass is 9.85. The van der Waals surface area contributed by atoms with Gasteiger partial charge in [0.05, 0.1) is 17.4 Å². The first-order valence-electron chi connectivity index (χ1n) is 9.21. The number of benzene rings is 2. The molecule has 0 bridgehead atoms. The van der Waals surface area contributed by atoms with Crippen molar-refractivity contribution in [2.45, 2.75) is 38.2 Å². The molecular weight excluding hydrogens is 342 g/mol. The minimum absolute atomic E-state index is 0.0752. The van der Waals surface area contributed by atoms with Crippen LogP contribution in [0.5, 0.6) is 0 Å². The molecule has 1 fully saturated rings. The van der Waals surface area contributed by atoms with Crippen LogP contribution in [0.4, 0.5) is 5.69 Å². The summed E-state index contributed by atoms with van der Waals surface area (Å²) in [6, 6.07) is 16.8. The molecule has 5 nitrogen and oxygen atoms in total. The van der Waals surface area contributed by atoms with Gasteiger partial charge in [-0.05, 0) is 49.9 Å². The van der Waals surface area contributed by atoms with E-state index in [1.807, 2.05) is 30.3 Å². The summed E-state index contributed by atoms with van der Waals surface area (Å²) in [7, 11) is 0. The van der Waals surface area contributed by atoms with E-state index in [4.69, 9.17) is 4.74 Å². The third-order valence-corrected chi connectivity index (χ3v) is 5.20. The molecule has 2 aromatic rings. The molecule has 142 valence electrons. The Bertz CT molecular complexity index is 799. The van der Waals surface area contributed by atoms with Crippen molar-refractivity contribution in [2.24, 2.45) is 5.92 Å². The monoisotopic (exact) mass is 367 g/mol. The van der Waals surface area contributed by atoms with Crippen LogP contribution >= 0.6 is 0 Å². The van der Waals surface area contributed by atoms with Gasteiger partial charge in [-0.25, -0.2) is 0 Å². The maximum atomic E-state index is 12.9. The quantitative estimate of drug-likeness (QED) is 0.832. The SMILES string of the molecule is CC(C)(C(=O)O)c1ccc(NC(=O)C2CCCOC2c2ccccc2)cc1. The molecule has 2 unspecified atom stereocenters. The van der Waals surface area contributed by atoms with Gasteiger partial charge in [0.15, 0.2) is 0 Å². The van der Waals surface area contributed by atoms with Crippen molar-refractivity contribution in [3.63, 3.8) is 0 Å². The second-order valence-electron chi connectivity index (χ2n) is 7.45. The van der Waals surface area contributed by atoms with Crippen molar-refractivity contribution in [3.8, 4) is 0 Å². The predicted octanol–water partition coefficient (Wildman–Crippen LogP) is 4.16. The summed E-state index contributed by atoms with van der Waals surface area (Å²) in [5, 5.41) is 12.3. The number of carboxylic acids is 1. The Kier molecular flexibility index (Phi) is 5.61. The van der Waals surface area contributed by atoms with E-state index in [-0.39, 0.29) is 17.9 Å². The van der Waals surface area contributed by atoms with Gasteiger partial charge in [-0.3, -0.25) is 9.59 Å². The summed E-state index contributed by atoms with van der Waals surface area (Å²) < 4.78 is 5.90. The fourth-order valence-electron chi connectivity index (χ4n) is 3.35. The average Bonchev–Trinajstić information content (AvgIpc) is 2.69. The number of ether oxygens (including phenoxy) is 1. The summed E-state index contributed by atoms with van der Waals surface area (Å²) in [6.45, 7) is 3.97. The number of carboxylic acid groups (broad SMARTS) is 1. The number of nitrogens with one attached hydrogen (secondary N) is 1. The molecule has 0 aromatic heterocycles.